The van der Waals surface area contributed by atoms with Crippen molar-refractivity contribution in [2.45, 2.75) is 62.5 Å². The van der Waals surface area contributed by atoms with Gasteiger partial charge in [0.05, 0.1) is 16.0 Å². The number of hydrogen-bond donors (Lipinski definition) is 1. The summed E-state index contributed by atoms with van der Waals surface area (Å²) in [5.74, 6) is -0.105. The Morgan fingerprint density at radius 2 is 1.56 bits per heavy atom. The quantitative estimate of drug-likeness (QED) is 0.0848. The average molecular weight is 662 g/mol. The number of thiocarbonyl (C=S) groups is 1. The first-order valence-corrected chi connectivity index (χ1v) is 18.2. The molecule has 2 aliphatic heterocycles. The highest BCUT2D eigenvalue weighted by atomic mass is 32.2. The van der Waals surface area contributed by atoms with Gasteiger partial charge in [-0.15, -0.1) is 0 Å². The van der Waals surface area contributed by atoms with Crippen LogP contribution in [-0.2, 0) is 14.9 Å². The molecule has 45 heavy (non-hydrogen) atoms. The Hall–Kier alpha value is -3.44. The number of nitrogens with zero attached hydrogens (tertiary/aromatic N) is 3. The second kappa shape index (κ2) is 14.8. The molecule has 1 saturated heterocycles. The van der Waals surface area contributed by atoms with E-state index < -0.39 is 15.4 Å². The molecule has 1 N–H and O–H groups in total. The largest absolute Gasteiger partial charge is 0.335 e. The number of hydrogen-bond acceptors (Lipinski definition) is 6. The van der Waals surface area contributed by atoms with Crippen LogP contribution in [0.1, 0.15) is 52.4 Å². The summed E-state index contributed by atoms with van der Waals surface area (Å²) in [7, 11) is -4.13. The summed E-state index contributed by atoms with van der Waals surface area (Å²) in [6.07, 6.45) is 13.3. The summed E-state index contributed by atoms with van der Waals surface area (Å²) in [4.78, 5) is 20.3. The molecule has 0 aromatic heterocycles. The highest BCUT2D eigenvalue weighted by molar-refractivity contribution is 8.03. The van der Waals surface area contributed by atoms with Crippen LogP contribution in [0.15, 0.2) is 107 Å². The summed E-state index contributed by atoms with van der Waals surface area (Å²) < 4.78 is 33.0. The number of benzene rings is 3. The van der Waals surface area contributed by atoms with Crippen LogP contribution < -0.4 is 9.80 Å². The minimum absolute atomic E-state index is 0.105. The van der Waals surface area contributed by atoms with Crippen LogP contribution in [0.2, 0.25) is 0 Å². The van der Waals surface area contributed by atoms with Gasteiger partial charge in [0.2, 0.25) is 0 Å². The number of anilines is 2. The Morgan fingerprint density at radius 3 is 2.27 bits per heavy atom. The van der Waals surface area contributed by atoms with Gasteiger partial charge in [-0.3, -0.25) is 19.1 Å². The normalized spacial score (nSPS) is 17.9. The first kappa shape index (κ1) is 32.9. The monoisotopic (exact) mass is 661 g/mol. The van der Waals surface area contributed by atoms with Gasteiger partial charge in [-0.1, -0.05) is 99.0 Å². The minimum Gasteiger partial charge on any atom is -0.335 e. The van der Waals surface area contributed by atoms with Crippen molar-refractivity contribution in [1.82, 2.24) is 4.90 Å². The van der Waals surface area contributed by atoms with Crippen LogP contribution in [0.25, 0.3) is 10.8 Å². The lowest BCUT2D eigenvalue weighted by Gasteiger charge is -2.22. The van der Waals surface area contributed by atoms with E-state index in [4.69, 9.17) is 12.2 Å². The van der Waals surface area contributed by atoms with Crippen LogP contribution in [0.5, 0.6) is 0 Å². The highest BCUT2D eigenvalue weighted by Gasteiger charge is 2.38. The molecule has 0 aliphatic carbocycles. The molecule has 3 aromatic rings. The van der Waals surface area contributed by atoms with E-state index in [1.165, 1.54) is 19.8 Å². The zero-order valence-corrected chi connectivity index (χ0v) is 28.1. The van der Waals surface area contributed by atoms with Crippen LogP contribution in [0.4, 0.5) is 11.4 Å². The van der Waals surface area contributed by atoms with E-state index in [0.29, 0.717) is 23.9 Å². The van der Waals surface area contributed by atoms with Gasteiger partial charge < -0.3 is 4.90 Å². The summed E-state index contributed by atoms with van der Waals surface area (Å²) in [5.41, 5.74) is 2.34. The standard InChI is InChI=1S/C35H39N3O4S3/c1-3-4-5-6-14-22-37-34(39)30(38(35(37)43)29-17-8-7-9-18-29)19-12-13-20-33-36(23-21-26(2)45(40,41)42)31-24-27-15-10-11-16-28(27)25-32(31)44-33/h7-13,15-20,24-26H,3-6,14,21-23H2,1-2H3,(H,40,41,42)/b13-12+,30-19+,33-20-. The Morgan fingerprint density at radius 1 is 0.889 bits per heavy atom. The predicted octanol–water partition coefficient (Wildman–Crippen LogP) is 8.30. The summed E-state index contributed by atoms with van der Waals surface area (Å²) in [6.45, 7) is 4.72. The van der Waals surface area contributed by atoms with Crippen molar-refractivity contribution in [3.05, 3.63) is 102 Å². The van der Waals surface area contributed by atoms with E-state index in [9.17, 15) is 17.8 Å². The van der Waals surface area contributed by atoms with Gasteiger partial charge in [-0.25, -0.2) is 0 Å². The average Bonchev–Trinajstić information content (AvgIpc) is 3.48. The molecule has 5 rings (SSSR count). The van der Waals surface area contributed by atoms with E-state index >= 15 is 0 Å². The van der Waals surface area contributed by atoms with E-state index in [1.807, 2.05) is 71.7 Å². The third-order valence-electron chi connectivity index (χ3n) is 8.10. The zero-order valence-electron chi connectivity index (χ0n) is 25.6. The second-order valence-electron chi connectivity index (χ2n) is 11.3. The molecule has 2 heterocycles. The number of amides is 1. The number of para-hydroxylation sites is 1. The van der Waals surface area contributed by atoms with Gasteiger partial charge in [0, 0.05) is 23.7 Å². The maximum absolute atomic E-state index is 13.6. The zero-order chi connectivity index (χ0) is 32.0. The van der Waals surface area contributed by atoms with E-state index in [-0.39, 0.29) is 12.3 Å². The molecule has 0 bridgehead atoms. The minimum atomic E-state index is -4.13. The molecule has 2 aliphatic rings. The molecule has 3 aromatic carbocycles. The van der Waals surface area contributed by atoms with E-state index in [0.717, 1.165) is 51.3 Å². The van der Waals surface area contributed by atoms with Crippen LogP contribution in [-0.4, -0.2) is 47.2 Å². The van der Waals surface area contributed by atoms with Crippen LogP contribution >= 0.6 is 24.0 Å². The second-order valence-corrected chi connectivity index (χ2v) is 14.6. The van der Waals surface area contributed by atoms with Crippen LogP contribution in [0, 0.1) is 0 Å². The molecular weight excluding hydrogens is 623 g/mol. The van der Waals surface area contributed by atoms with Crippen molar-refractivity contribution >= 4 is 67.3 Å². The molecule has 236 valence electrons. The molecule has 0 spiro atoms. The molecule has 0 radical (unpaired) electrons. The molecule has 1 amide bonds. The topological polar surface area (TPSA) is 81.2 Å². The van der Waals surface area contributed by atoms with Crippen molar-refractivity contribution in [3.63, 3.8) is 0 Å². The van der Waals surface area contributed by atoms with Crippen LogP contribution in [0.3, 0.4) is 0 Å². The number of unbranched alkanes of at least 4 members (excludes halogenated alkanes) is 4. The van der Waals surface area contributed by atoms with Gasteiger partial charge in [-0.2, -0.15) is 8.42 Å². The third-order valence-corrected chi connectivity index (χ3v) is 10.9. The van der Waals surface area contributed by atoms with Gasteiger partial charge in [0.1, 0.15) is 5.70 Å². The smallest absolute Gasteiger partial charge is 0.277 e. The van der Waals surface area contributed by atoms with Gasteiger partial charge in [0.15, 0.2) is 5.11 Å². The Kier molecular flexibility index (Phi) is 10.8. The van der Waals surface area contributed by atoms with Crippen molar-refractivity contribution < 1.29 is 17.8 Å². The van der Waals surface area contributed by atoms with Crippen molar-refractivity contribution in [3.8, 4) is 0 Å². The molecule has 1 unspecified atom stereocenters. The van der Waals surface area contributed by atoms with Crippen molar-refractivity contribution in [1.29, 1.82) is 0 Å². The summed E-state index contributed by atoms with van der Waals surface area (Å²) in [6, 6.07) is 22.1. The Bertz CT molecular complexity index is 1750. The van der Waals surface area contributed by atoms with Crippen molar-refractivity contribution in [2.24, 2.45) is 0 Å². The van der Waals surface area contributed by atoms with Gasteiger partial charge >= 0.3 is 0 Å². The SMILES string of the molecule is CCCCCCCN1C(=O)\C(=C/C=C/C=C2\Sc3cc4ccccc4cc3N2CCC(C)S(=O)(=O)O)N(c2ccccc2)C1=S. The lowest BCUT2D eigenvalue weighted by molar-refractivity contribution is -0.122. The molecule has 10 heteroatoms. The molecule has 0 saturated carbocycles. The van der Waals surface area contributed by atoms with Gasteiger partial charge in [0.25, 0.3) is 16.0 Å². The molecule has 1 fully saturated rings. The Labute approximate surface area is 276 Å². The highest BCUT2D eigenvalue weighted by Crippen LogP contribution is 2.47. The number of fused-ring (bicyclic) bond motifs is 2. The predicted molar refractivity (Wildman–Crippen MR) is 190 cm³/mol. The maximum atomic E-state index is 13.6. The van der Waals surface area contributed by atoms with Gasteiger partial charge in [-0.05, 0) is 79.2 Å². The van der Waals surface area contributed by atoms with E-state index in [1.54, 1.807) is 16.7 Å². The number of allylic oxidation sites excluding steroid dienone is 4. The fourth-order valence-electron chi connectivity index (χ4n) is 5.47. The van der Waals surface area contributed by atoms with Crippen molar-refractivity contribution in [2.75, 3.05) is 22.9 Å². The lowest BCUT2D eigenvalue weighted by atomic mass is 10.1. The molecule has 7 nitrogen and oxygen atoms in total. The van der Waals surface area contributed by atoms with E-state index in [2.05, 4.69) is 36.1 Å². The number of rotatable bonds is 13. The first-order valence-electron chi connectivity index (χ1n) is 15.4. The third kappa shape index (κ3) is 7.69. The first-order chi connectivity index (χ1) is 21.7. The summed E-state index contributed by atoms with van der Waals surface area (Å²) in [5, 5.41) is 2.76. The number of carbonyl (C=O) groups excluding carboxylic acids is 1. The number of thioether (sulfide) groups is 1. The fraction of sp³-hybridized carbons (Fsp3) is 0.314. The Balaban J connectivity index is 1.41. The summed E-state index contributed by atoms with van der Waals surface area (Å²) >= 11 is 7.43. The number of carbonyl (C=O) groups is 1. The fourth-order valence-corrected chi connectivity index (χ4v) is 7.39. The molecule has 1 atom stereocenters. The molecular formula is C35H39N3O4S3. The lowest BCUT2D eigenvalue weighted by Crippen LogP contribution is -2.33. The maximum Gasteiger partial charge on any atom is 0.277 e.